The minimum Gasteiger partial charge on any atom is -0.481 e. The van der Waals surface area contributed by atoms with Gasteiger partial charge in [-0.1, -0.05) is 23.7 Å². The van der Waals surface area contributed by atoms with E-state index in [2.05, 4.69) is 10.1 Å². The van der Waals surface area contributed by atoms with E-state index in [1.807, 2.05) is 49.7 Å². The predicted octanol–water partition coefficient (Wildman–Crippen LogP) is 4.71. The maximum absolute atomic E-state index is 11.0. The molecule has 0 radical (unpaired) electrons. The Morgan fingerprint density at radius 2 is 2.03 bits per heavy atom. The van der Waals surface area contributed by atoms with Crippen LogP contribution in [0.3, 0.4) is 0 Å². The lowest BCUT2D eigenvalue weighted by molar-refractivity contribution is -0.136. The van der Waals surface area contributed by atoms with Crippen LogP contribution in [0.5, 0.6) is 11.8 Å². The molecule has 1 N–H and O–H groups in total. The lowest BCUT2D eigenvalue weighted by Gasteiger charge is -2.11. The van der Waals surface area contributed by atoms with E-state index in [9.17, 15) is 4.79 Å². The van der Waals surface area contributed by atoms with Gasteiger partial charge in [-0.25, -0.2) is 4.98 Å². The molecule has 8 heteroatoms. The molecule has 3 aromatic rings. The van der Waals surface area contributed by atoms with Crippen LogP contribution in [0, 0.1) is 6.92 Å². The summed E-state index contributed by atoms with van der Waals surface area (Å²) < 4.78 is 13.5. The number of benzene rings is 1. The average molecular weight is 458 g/mol. The van der Waals surface area contributed by atoms with Crippen LogP contribution in [0.1, 0.15) is 42.7 Å². The number of rotatable bonds is 11. The van der Waals surface area contributed by atoms with Gasteiger partial charge in [-0.2, -0.15) is 0 Å². The van der Waals surface area contributed by atoms with Crippen molar-refractivity contribution < 1.29 is 19.4 Å². The van der Waals surface area contributed by atoms with E-state index >= 15 is 0 Å². The van der Waals surface area contributed by atoms with Gasteiger partial charge in [0.1, 0.15) is 0 Å². The molecule has 0 atom stereocenters. The summed E-state index contributed by atoms with van der Waals surface area (Å²) in [5.74, 6) is 0.0435. The normalized spacial score (nSPS) is 11.0. The molecule has 170 valence electrons. The van der Waals surface area contributed by atoms with E-state index in [1.54, 1.807) is 18.3 Å². The molecular formula is C24H28ClN3O4. The molecule has 7 nitrogen and oxygen atoms in total. The highest BCUT2D eigenvalue weighted by molar-refractivity contribution is 6.30. The summed E-state index contributed by atoms with van der Waals surface area (Å²) in [6.07, 6.45) is 2.95. The number of hydrogen-bond donors (Lipinski definition) is 1. The standard InChI is InChI=1S/C24H28ClN3O4/c1-16(2)32-22-14-21(28(27-22)15-19-8-9-20(25)12-17(19)3)7-5-11-31-24-18(13-23(29)30)6-4-10-26-24/h4,6,8-10,12,14,16H,5,7,11,13,15H2,1-3H3,(H,29,30). The van der Waals surface area contributed by atoms with Gasteiger partial charge < -0.3 is 14.6 Å². The van der Waals surface area contributed by atoms with Crippen LogP contribution in [-0.4, -0.2) is 38.6 Å². The molecule has 32 heavy (non-hydrogen) atoms. The Morgan fingerprint density at radius 3 is 2.75 bits per heavy atom. The number of hydrogen-bond acceptors (Lipinski definition) is 5. The Kier molecular flexibility index (Phi) is 8.11. The number of carboxylic acid groups (broad SMARTS) is 1. The Morgan fingerprint density at radius 1 is 1.22 bits per heavy atom. The Hall–Kier alpha value is -3.06. The van der Waals surface area contributed by atoms with E-state index in [0.29, 0.717) is 35.5 Å². The zero-order valence-corrected chi connectivity index (χ0v) is 19.3. The summed E-state index contributed by atoms with van der Waals surface area (Å²) in [6, 6.07) is 11.2. The number of pyridine rings is 1. The molecule has 0 amide bonds. The molecule has 2 aromatic heterocycles. The summed E-state index contributed by atoms with van der Waals surface area (Å²) in [5, 5.41) is 14.4. The first-order chi connectivity index (χ1) is 15.3. The fraction of sp³-hybridized carbons (Fsp3) is 0.375. The lowest BCUT2D eigenvalue weighted by atomic mass is 10.1. The van der Waals surface area contributed by atoms with Crippen LogP contribution in [0.15, 0.2) is 42.6 Å². The number of carboxylic acids is 1. The Bertz CT molecular complexity index is 1070. The van der Waals surface area contributed by atoms with Crippen molar-refractivity contribution in [3.8, 4) is 11.8 Å². The van der Waals surface area contributed by atoms with E-state index in [-0.39, 0.29) is 12.5 Å². The molecule has 2 heterocycles. The largest absolute Gasteiger partial charge is 0.481 e. The summed E-state index contributed by atoms with van der Waals surface area (Å²) >= 11 is 6.09. The van der Waals surface area contributed by atoms with Crippen molar-refractivity contribution in [2.45, 2.75) is 52.7 Å². The number of aliphatic carboxylic acids is 1. The van der Waals surface area contributed by atoms with Crippen molar-refractivity contribution in [1.29, 1.82) is 0 Å². The third-order valence-electron chi connectivity index (χ3n) is 4.83. The van der Waals surface area contributed by atoms with Gasteiger partial charge in [0.2, 0.25) is 11.8 Å². The van der Waals surface area contributed by atoms with Crippen molar-refractivity contribution >= 4 is 17.6 Å². The van der Waals surface area contributed by atoms with E-state index in [4.69, 9.17) is 26.2 Å². The molecule has 0 aliphatic rings. The average Bonchev–Trinajstić information content (AvgIpc) is 3.08. The molecule has 1 aromatic carbocycles. The summed E-state index contributed by atoms with van der Waals surface area (Å²) in [7, 11) is 0. The molecular weight excluding hydrogens is 430 g/mol. The second-order valence-corrected chi connectivity index (χ2v) is 8.30. The van der Waals surface area contributed by atoms with Gasteiger partial charge in [0, 0.05) is 28.5 Å². The number of halogens is 1. The predicted molar refractivity (Wildman–Crippen MR) is 123 cm³/mol. The first kappa shape index (κ1) is 23.6. The number of ether oxygens (including phenoxy) is 2. The fourth-order valence-corrected chi connectivity index (χ4v) is 3.56. The molecule has 0 aliphatic heterocycles. The number of aromatic nitrogens is 3. The second kappa shape index (κ2) is 11.0. The smallest absolute Gasteiger partial charge is 0.308 e. The maximum Gasteiger partial charge on any atom is 0.308 e. The summed E-state index contributed by atoms with van der Waals surface area (Å²) in [5.41, 5.74) is 3.84. The van der Waals surface area contributed by atoms with Crippen LogP contribution < -0.4 is 9.47 Å². The monoisotopic (exact) mass is 457 g/mol. The molecule has 3 rings (SSSR count). The molecule has 0 aliphatic carbocycles. The van der Waals surface area contributed by atoms with E-state index in [0.717, 1.165) is 29.7 Å². The van der Waals surface area contributed by atoms with Crippen molar-refractivity contribution in [1.82, 2.24) is 14.8 Å². The Labute approximate surface area is 193 Å². The second-order valence-electron chi connectivity index (χ2n) is 7.86. The van der Waals surface area contributed by atoms with Crippen molar-refractivity contribution in [2.75, 3.05) is 6.61 Å². The first-order valence-corrected chi connectivity index (χ1v) is 11.0. The highest BCUT2D eigenvalue weighted by Gasteiger charge is 2.13. The zero-order chi connectivity index (χ0) is 23.1. The molecule has 0 saturated carbocycles. The third kappa shape index (κ3) is 6.72. The van der Waals surface area contributed by atoms with E-state index in [1.165, 1.54) is 0 Å². The van der Waals surface area contributed by atoms with Gasteiger partial charge in [0.25, 0.3) is 0 Å². The van der Waals surface area contributed by atoms with Crippen molar-refractivity contribution in [3.05, 3.63) is 70.0 Å². The molecule has 0 fully saturated rings. The van der Waals surface area contributed by atoms with Crippen molar-refractivity contribution in [3.63, 3.8) is 0 Å². The zero-order valence-electron chi connectivity index (χ0n) is 18.5. The van der Waals surface area contributed by atoms with Crippen LogP contribution in [0.2, 0.25) is 5.02 Å². The molecule has 0 unspecified atom stereocenters. The van der Waals surface area contributed by atoms with E-state index < -0.39 is 5.97 Å². The lowest BCUT2D eigenvalue weighted by Crippen LogP contribution is -2.10. The Balaban J connectivity index is 1.67. The van der Waals surface area contributed by atoms with Gasteiger partial charge in [-0.05, 0) is 62.9 Å². The van der Waals surface area contributed by atoms with Gasteiger partial charge in [-0.3, -0.25) is 9.48 Å². The molecule has 0 saturated heterocycles. The topological polar surface area (TPSA) is 86.5 Å². The summed E-state index contributed by atoms with van der Waals surface area (Å²) in [6.45, 7) is 7.00. The van der Waals surface area contributed by atoms with Crippen LogP contribution in [0.4, 0.5) is 0 Å². The highest BCUT2D eigenvalue weighted by Crippen LogP contribution is 2.21. The SMILES string of the molecule is Cc1cc(Cl)ccc1Cn1nc(OC(C)C)cc1CCCOc1ncccc1CC(=O)O. The van der Waals surface area contributed by atoms with Crippen LogP contribution in [0.25, 0.3) is 0 Å². The minimum absolute atomic E-state index is 0.0311. The number of aryl methyl sites for hydroxylation is 2. The quantitative estimate of drug-likeness (QED) is 0.419. The number of carbonyl (C=O) groups is 1. The number of nitrogens with zero attached hydrogens (tertiary/aromatic N) is 3. The highest BCUT2D eigenvalue weighted by atomic mass is 35.5. The van der Waals surface area contributed by atoms with Gasteiger partial charge in [0.05, 0.1) is 25.7 Å². The van der Waals surface area contributed by atoms with Gasteiger partial charge in [0.15, 0.2) is 0 Å². The minimum atomic E-state index is -0.915. The van der Waals surface area contributed by atoms with Crippen LogP contribution >= 0.6 is 11.6 Å². The maximum atomic E-state index is 11.0. The van der Waals surface area contributed by atoms with Crippen LogP contribution in [-0.2, 0) is 24.2 Å². The molecule has 0 spiro atoms. The fourth-order valence-electron chi connectivity index (χ4n) is 3.34. The first-order valence-electron chi connectivity index (χ1n) is 10.6. The van der Waals surface area contributed by atoms with Crippen molar-refractivity contribution in [2.24, 2.45) is 0 Å². The van der Waals surface area contributed by atoms with Gasteiger partial charge in [-0.15, -0.1) is 5.10 Å². The molecule has 0 bridgehead atoms. The summed E-state index contributed by atoms with van der Waals surface area (Å²) in [4.78, 5) is 15.2. The third-order valence-corrected chi connectivity index (χ3v) is 5.06. The van der Waals surface area contributed by atoms with Gasteiger partial charge >= 0.3 is 5.97 Å².